The zero-order valence-corrected chi connectivity index (χ0v) is 9.67. The van der Waals surface area contributed by atoms with Gasteiger partial charge in [0.2, 0.25) is 0 Å². The number of benzene rings is 1. The van der Waals surface area contributed by atoms with E-state index in [0.717, 1.165) is 22.6 Å². The number of H-pyrrole nitrogens is 1. The largest absolute Gasteiger partial charge is 0.395 e. The second-order valence-electron chi connectivity index (χ2n) is 3.94. The molecule has 0 fully saturated rings. The van der Waals surface area contributed by atoms with Gasteiger partial charge in [0.15, 0.2) is 0 Å². The number of aromatic amines is 1. The highest BCUT2D eigenvalue weighted by Crippen LogP contribution is 2.30. The Balaban J connectivity index is 2.09. The van der Waals surface area contributed by atoms with E-state index >= 15 is 0 Å². The van der Waals surface area contributed by atoms with Gasteiger partial charge in [0.05, 0.1) is 11.4 Å². The lowest BCUT2D eigenvalue weighted by atomic mass is 10.1. The summed E-state index contributed by atoms with van der Waals surface area (Å²) in [6.45, 7) is 0. The minimum atomic E-state index is 0.625. The molecule has 0 atom stereocenters. The molecule has 3 rings (SSSR count). The third-order valence-corrected chi connectivity index (χ3v) is 2.77. The summed E-state index contributed by atoms with van der Waals surface area (Å²) in [7, 11) is 0. The number of anilines is 1. The average molecular weight is 236 g/mol. The molecular formula is C14H12N4. The minimum absolute atomic E-state index is 0.625. The first-order valence-electron chi connectivity index (χ1n) is 5.67. The Kier molecular flexibility index (Phi) is 2.53. The number of nitrogens with two attached hydrogens (primary N) is 1. The maximum atomic E-state index is 6.13. The summed E-state index contributed by atoms with van der Waals surface area (Å²) in [4.78, 5) is 4.27. The molecule has 0 spiro atoms. The quantitative estimate of drug-likeness (QED) is 0.718. The first-order chi connectivity index (χ1) is 8.86. The van der Waals surface area contributed by atoms with E-state index < -0.39 is 0 Å². The lowest BCUT2D eigenvalue weighted by molar-refractivity contribution is 1.09. The fourth-order valence-electron chi connectivity index (χ4n) is 1.87. The fraction of sp³-hybridized carbons (Fsp3) is 0. The van der Waals surface area contributed by atoms with E-state index in [1.54, 1.807) is 6.20 Å². The lowest BCUT2D eigenvalue weighted by Crippen LogP contribution is -1.90. The minimum Gasteiger partial charge on any atom is -0.395 e. The van der Waals surface area contributed by atoms with Crippen molar-refractivity contribution in [3.8, 4) is 22.6 Å². The Morgan fingerprint density at radius 2 is 1.72 bits per heavy atom. The normalized spacial score (nSPS) is 10.4. The number of hydrogen-bond acceptors (Lipinski definition) is 3. The van der Waals surface area contributed by atoms with Gasteiger partial charge in [-0.2, -0.15) is 5.10 Å². The van der Waals surface area contributed by atoms with Gasteiger partial charge in [0.25, 0.3) is 0 Å². The molecule has 0 unspecified atom stereocenters. The van der Waals surface area contributed by atoms with Gasteiger partial charge < -0.3 is 5.73 Å². The Morgan fingerprint density at radius 1 is 0.944 bits per heavy atom. The van der Waals surface area contributed by atoms with E-state index in [1.807, 2.05) is 48.5 Å². The van der Waals surface area contributed by atoms with E-state index in [1.165, 1.54) is 0 Å². The van der Waals surface area contributed by atoms with Crippen LogP contribution in [0.2, 0.25) is 0 Å². The SMILES string of the molecule is Nc1c(-c2ccccc2)n[nH]c1-c1ccccn1. The number of aromatic nitrogens is 3. The number of pyridine rings is 1. The predicted octanol–water partition coefficient (Wildman–Crippen LogP) is 2.72. The molecular weight excluding hydrogens is 224 g/mol. The van der Waals surface area contributed by atoms with Crippen LogP contribution >= 0.6 is 0 Å². The van der Waals surface area contributed by atoms with Crippen molar-refractivity contribution < 1.29 is 0 Å². The van der Waals surface area contributed by atoms with Crippen molar-refractivity contribution in [1.82, 2.24) is 15.2 Å². The van der Waals surface area contributed by atoms with Crippen LogP contribution in [0.25, 0.3) is 22.6 Å². The molecule has 0 radical (unpaired) electrons. The first-order valence-corrected chi connectivity index (χ1v) is 5.67. The van der Waals surface area contributed by atoms with E-state index in [9.17, 15) is 0 Å². The van der Waals surface area contributed by atoms with Crippen LogP contribution in [0.15, 0.2) is 54.7 Å². The monoisotopic (exact) mass is 236 g/mol. The van der Waals surface area contributed by atoms with Crippen molar-refractivity contribution >= 4 is 5.69 Å². The van der Waals surface area contributed by atoms with Crippen LogP contribution in [0.4, 0.5) is 5.69 Å². The smallest absolute Gasteiger partial charge is 0.116 e. The zero-order chi connectivity index (χ0) is 12.4. The number of rotatable bonds is 2. The van der Waals surface area contributed by atoms with E-state index in [4.69, 9.17) is 5.73 Å². The highest BCUT2D eigenvalue weighted by atomic mass is 15.1. The van der Waals surface area contributed by atoms with Crippen molar-refractivity contribution in [2.75, 3.05) is 5.73 Å². The zero-order valence-electron chi connectivity index (χ0n) is 9.67. The van der Waals surface area contributed by atoms with Crippen LogP contribution in [0, 0.1) is 0 Å². The molecule has 2 aromatic heterocycles. The van der Waals surface area contributed by atoms with Crippen molar-refractivity contribution in [2.45, 2.75) is 0 Å². The molecule has 0 aliphatic rings. The molecule has 4 heteroatoms. The number of hydrogen-bond donors (Lipinski definition) is 2. The summed E-state index contributed by atoms with van der Waals surface area (Å²) in [5.74, 6) is 0. The molecule has 0 aliphatic carbocycles. The topological polar surface area (TPSA) is 67.6 Å². The molecule has 3 aromatic rings. The van der Waals surface area contributed by atoms with Gasteiger partial charge >= 0.3 is 0 Å². The molecule has 0 bridgehead atoms. The Morgan fingerprint density at radius 3 is 2.44 bits per heavy atom. The Hall–Kier alpha value is -2.62. The summed E-state index contributed by atoms with van der Waals surface area (Å²) < 4.78 is 0. The maximum absolute atomic E-state index is 6.13. The van der Waals surface area contributed by atoms with E-state index in [0.29, 0.717) is 5.69 Å². The second-order valence-corrected chi connectivity index (χ2v) is 3.94. The van der Waals surface area contributed by atoms with Gasteiger partial charge in [0, 0.05) is 11.8 Å². The van der Waals surface area contributed by atoms with Crippen molar-refractivity contribution in [1.29, 1.82) is 0 Å². The summed E-state index contributed by atoms with van der Waals surface area (Å²) >= 11 is 0. The number of nitrogen functional groups attached to an aromatic ring is 1. The average Bonchev–Trinajstić information content (AvgIpc) is 2.83. The standard InChI is InChI=1S/C14H12N4/c15-12-13(10-6-2-1-3-7-10)17-18-14(12)11-8-4-5-9-16-11/h1-9H,15H2,(H,17,18). The van der Waals surface area contributed by atoms with Gasteiger partial charge in [-0.05, 0) is 12.1 Å². The highest BCUT2D eigenvalue weighted by Gasteiger charge is 2.13. The molecule has 0 amide bonds. The lowest BCUT2D eigenvalue weighted by Gasteiger charge is -1.99. The molecule has 88 valence electrons. The van der Waals surface area contributed by atoms with Crippen LogP contribution in [0.1, 0.15) is 0 Å². The van der Waals surface area contributed by atoms with Gasteiger partial charge in [-0.1, -0.05) is 36.4 Å². The molecule has 0 saturated carbocycles. The van der Waals surface area contributed by atoms with Gasteiger partial charge in [0.1, 0.15) is 11.4 Å². The molecule has 3 N–H and O–H groups in total. The Labute approximate surface area is 105 Å². The highest BCUT2D eigenvalue weighted by molar-refractivity contribution is 5.83. The van der Waals surface area contributed by atoms with Crippen molar-refractivity contribution in [3.63, 3.8) is 0 Å². The van der Waals surface area contributed by atoms with Crippen LogP contribution in [-0.4, -0.2) is 15.2 Å². The molecule has 0 saturated heterocycles. The van der Waals surface area contributed by atoms with Gasteiger partial charge in [-0.3, -0.25) is 10.1 Å². The molecule has 18 heavy (non-hydrogen) atoms. The molecule has 4 nitrogen and oxygen atoms in total. The summed E-state index contributed by atoms with van der Waals surface area (Å²) in [5.41, 5.74) is 10.1. The molecule has 0 aliphatic heterocycles. The number of nitrogens with one attached hydrogen (secondary N) is 1. The first kappa shape index (κ1) is 10.5. The predicted molar refractivity (Wildman–Crippen MR) is 71.7 cm³/mol. The van der Waals surface area contributed by atoms with E-state index in [2.05, 4.69) is 15.2 Å². The third-order valence-electron chi connectivity index (χ3n) is 2.77. The Bertz CT molecular complexity index is 587. The van der Waals surface area contributed by atoms with Gasteiger partial charge in [-0.15, -0.1) is 0 Å². The fourth-order valence-corrected chi connectivity index (χ4v) is 1.87. The van der Waals surface area contributed by atoms with Crippen LogP contribution < -0.4 is 5.73 Å². The van der Waals surface area contributed by atoms with E-state index in [-0.39, 0.29) is 0 Å². The molecule has 1 aromatic carbocycles. The number of nitrogens with zero attached hydrogens (tertiary/aromatic N) is 2. The second kappa shape index (κ2) is 4.33. The maximum Gasteiger partial charge on any atom is 0.116 e. The van der Waals surface area contributed by atoms with Crippen LogP contribution in [0.3, 0.4) is 0 Å². The summed E-state index contributed by atoms with van der Waals surface area (Å²) in [6.07, 6.45) is 1.73. The van der Waals surface area contributed by atoms with Gasteiger partial charge in [-0.25, -0.2) is 0 Å². The third kappa shape index (κ3) is 1.73. The summed E-state index contributed by atoms with van der Waals surface area (Å²) in [5, 5.41) is 7.22. The van der Waals surface area contributed by atoms with Crippen molar-refractivity contribution in [2.24, 2.45) is 0 Å². The van der Waals surface area contributed by atoms with Crippen molar-refractivity contribution in [3.05, 3.63) is 54.7 Å². The summed E-state index contributed by atoms with van der Waals surface area (Å²) in [6, 6.07) is 15.5. The van der Waals surface area contributed by atoms with Crippen LogP contribution in [-0.2, 0) is 0 Å². The molecule has 2 heterocycles. The van der Waals surface area contributed by atoms with Crippen LogP contribution in [0.5, 0.6) is 0 Å².